The van der Waals surface area contributed by atoms with Crippen molar-refractivity contribution in [3.63, 3.8) is 0 Å². The van der Waals surface area contributed by atoms with Gasteiger partial charge in [0.15, 0.2) is 5.79 Å². The zero-order valence-electron chi connectivity index (χ0n) is 10.6. The lowest BCUT2D eigenvalue weighted by atomic mass is 9.77. The fourth-order valence-electron chi connectivity index (χ4n) is 2.31. The van der Waals surface area contributed by atoms with Gasteiger partial charge in [-0.15, -0.1) is 11.8 Å². The Balaban J connectivity index is 2.05. The molecule has 0 bridgehead atoms. The molecule has 0 radical (unpaired) electrons. The maximum absolute atomic E-state index is 5.94. The van der Waals surface area contributed by atoms with Crippen LogP contribution in [-0.2, 0) is 9.47 Å². The molecule has 0 atom stereocenters. The van der Waals surface area contributed by atoms with E-state index < -0.39 is 5.79 Å². The molecule has 18 heavy (non-hydrogen) atoms. The molecule has 1 aromatic carbocycles. The van der Waals surface area contributed by atoms with Crippen molar-refractivity contribution in [1.29, 1.82) is 0 Å². The molecule has 2 rings (SSSR count). The van der Waals surface area contributed by atoms with Crippen molar-refractivity contribution >= 4 is 27.7 Å². The van der Waals surface area contributed by atoms with Crippen LogP contribution in [0, 0.1) is 0 Å². The largest absolute Gasteiger partial charge is 0.353 e. The van der Waals surface area contributed by atoms with Crippen molar-refractivity contribution in [2.24, 2.45) is 5.73 Å². The number of ether oxygens (including phenoxy) is 2. The van der Waals surface area contributed by atoms with Crippen LogP contribution in [0.15, 0.2) is 33.6 Å². The van der Waals surface area contributed by atoms with Gasteiger partial charge in [0.2, 0.25) is 0 Å². The van der Waals surface area contributed by atoms with Gasteiger partial charge in [-0.2, -0.15) is 0 Å². The predicted octanol–water partition coefficient (Wildman–Crippen LogP) is 3.02. The summed E-state index contributed by atoms with van der Waals surface area (Å²) < 4.78 is 12.0. The second-order valence-corrected chi connectivity index (χ2v) is 7.07. The van der Waals surface area contributed by atoms with Crippen LogP contribution in [0.1, 0.15) is 12.8 Å². The molecule has 0 heterocycles. The Morgan fingerprint density at radius 1 is 1.22 bits per heavy atom. The van der Waals surface area contributed by atoms with Gasteiger partial charge in [0.1, 0.15) is 0 Å². The zero-order chi connectivity index (χ0) is 13.2. The number of halogens is 1. The topological polar surface area (TPSA) is 44.5 Å². The summed E-state index contributed by atoms with van der Waals surface area (Å²) in [6, 6.07) is 8.30. The van der Waals surface area contributed by atoms with Crippen LogP contribution < -0.4 is 5.73 Å². The molecule has 0 amide bonds. The van der Waals surface area contributed by atoms with Crippen molar-refractivity contribution < 1.29 is 9.47 Å². The SMILES string of the molecule is COC1(OC)CC(CN)(Sc2ccc(Br)cc2)C1. The molecule has 2 N–H and O–H groups in total. The van der Waals surface area contributed by atoms with Gasteiger partial charge in [-0.05, 0) is 24.3 Å². The smallest absolute Gasteiger partial charge is 0.170 e. The molecule has 1 aliphatic rings. The number of hydrogen-bond donors (Lipinski definition) is 1. The molecule has 0 aliphatic heterocycles. The van der Waals surface area contributed by atoms with Gasteiger partial charge in [0.25, 0.3) is 0 Å². The Labute approximate surface area is 121 Å². The van der Waals surface area contributed by atoms with Crippen LogP contribution in [0.3, 0.4) is 0 Å². The summed E-state index contributed by atoms with van der Waals surface area (Å²) in [5.74, 6) is -0.443. The van der Waals surface area contributed by atoms with Crippen LogP contribution in [0.5, 0.6) is 0 Å². The first kappa shape index (κ1) is 14.3. The van der Waals surface area contributed by atoms with Crippen molar-refractivity contribution in [1.82, 2.24) is 0 Å². The minimum absolute atomic E-state index is 0.0276. The third-order valence-electron chi connectivity index (χ3n) is 3.45. The van der Waals surface area contributed by atoms with Crippen molar-refractivity contribution in [3.05, 3.63) is 28.7 Å². The van der Waals surface area contributed by atoms with Gasteiger partial charge in [0.05, 0.1) is 0 Å². The first-order valence-electron chi connectivity index (χ1n) is 5.82. The van der Waals surface area contributed by atoms with Gasteiger partial charge in [0, 0.05) is 47.7 Å². The van der Waals surface area contributed by atoms with E-state index in [1.54, 1.807) is 14.2 Å². The molecule has 1 aromatic rings. The van der Waals surface area contributed by atoms with E-state index in [2.05, 4.69) is 28.1 Å². The van der Waals surface area contributed by atoms with E-state index in [0.29, 0.717) is 6.54 Å². The third-order valence-corrected chi connectivity index (χ3v) is 5.37. The Morgan fingerprint density at radius 3 is 2.22 bits per heavy atom. The summed E-state index contributed by atoms with van der Waals surface area (Å²) in [7, 11) is 3.38. The molecule has 0 unspecified atom stereocenters. The maximum atomic E-state index is 5.94. The number of thioether (sulfide) groups is 1. The minimum Gasteiger partial charge on any atom is -0.353 e. The Morgan fingerprint density at radius 2 is 1.78 bits per heavy atom. The van der Waals surface area contributed by atoms with Gasteiger partial charge < -0.3 is 15.2 Å². The maximum Gasteiger partial charge on any atom is 0.170 e. The van der Waals surface area contributed by atoms with Crippen LogP contribution in [0.4, 0.5) is 0 Å². The van der Waals surface area contributed by atoms with E-state index in [4.69, 9.17) is 15.2 Å². The average molecular weight is 332 g/mol. The first-order valence-corrected chi connectivity index (χ1v) is 7.43. The molecule has 1 saturated carbocycles. The molecule has 0 saturated heterocycles. The molecule has 1 fully saturated rings. The zero-order valence-corrected chi connectivity index (χ0v) is 13.0. The van der Waals surface area contributed by atoms with Crippen molar-refractivity contribution in [3.8, 4) is 0 Å². The number of rotatable bonds is 5. The summed E-state index contributed by atoms with van der Waals surface area (Å²) in [5, 5.41) is 0. The van der Waals surface area contributed by atoms with E-state index in [9.17, 15) is 0 Å². The third kappa shape index (κ3) is 2.75. The highest BCUT2D eigenvalue weighted by atomic mass is 79.9. The Hall–Kier alpha value is -0.0700. The minimum atomic E-state index is -0.443. The summed E-state index contributed by atoms with van der Waals surface area (Å²) in [4.78, 5) is 1.23. The summed E-state index contributed by atoms with van der Waals surface area (Å²) in [6.45, 7) is 0.627. The summed E-state index contributed by atoms with van der Waals surface area (Å²) in [6.07, 6.45) is 1.65. The number of hydrogen-bond acceptors (Lipinski definition) is 4. The summed E-state index contributed by atoms with van der Waals surface area (Å²) >= 11 is 5.25. The lowest BCUT2D eigenvalue weighted by Crippen LogP contribution is -2.60. The molecule has 5 heteroatoms. The number of benzene rings is 1. The lowest BCUT2D eigenvalue weighted by Gasteiger charge is -2.53. The van der Waals surface area contributed by atoms with Gasteiger partial charge >= 0.3 is 0 Å². The molecule has 3 nitrogen and oxygen atoms in total. The standard InChI is InChI=1S/C13H18BrNO2S/c1-16-13(17-2)7-12(8-13,9-15)18-11-5-3-10(14)4-6-11/h3-6H,7-9,15H2,1-2H3. The fourth-order valence-corrected chi connectivity index (χ4v) is 4.02. The highest BCUT2D eigenvalue weighted by Gasteiger charge is 2.55. The van der Waals surface area contributed by atoms with Crippen molar-refractivity contribution in [2.45, 2.75) is 28.3 Å². The Bertz CT molecular complexity index is 398. The van der Waals surface area contributed by atoms with E-state index in [-0.39, 0.29) is 4.75 Å². The molecular formula is C13H18BrNO2S. The van der Waals surface area contributed by atoms with Crippen LogP contribution in [-0.4, -0.2) is 31.3 Å². The van der Waals surface area contributed by atoms with Gasteiger partial charge in [-0.3, -0.25) is 0 Å². The van der Waals surface area contributed by atoms with E-state index in [1.807, 2.05) is 23.9 Å². The predicted molar refractivity (Wildman–Crippen MR) is 77.8 cm³/mol. The first-order chi connectivity index (χ1) is 8.57. The fraction of sp³-hybridized carbons (Fsp3) is 0.538. The molecule has 1 aliphatic carbocycles. The lowest BCUT2D eigenvalue weighted by molar-refractivity contribution is -0.260. The second-order valence-electron chi connectivity index (χ2n) is 4.62. The van der Waals surface area contributed by atoms with E-state index in [1.165, 1.54) is 4.90 Å². The molecule has 0 spiro atoms. The van der Waals surface area contributed by atoms with Crippen LogP contribution >= 0.6 is 27.7 Å². The molecule has 0 aromatic heterocycles. The summed E-state index contributed by atoms with van der Waals surface area (Å²) in [5.41, 5.74) is 5.94. The normalized spacial score (nSPS) is 20.4. The number of nitrogens with two attached hydrogens (primary N) is 1. The second kappa shape index (κ2) is 5.51. The average Bonchev–Trinajstić information content (AvgIpc) is 2.36. The van der Waals surface area contributed by atoms with E-state index in [0.717, 1.165) is 17.3 Å². The van der Waals surface area contributed by atoms with Crippen LogP contribution in [0.2, 0.25) is 0 Å². The Kier molecular flexibility index (Phi) is 4.39. The molecular weight excluding hydrogens is 314 g/mol. The monoisotopic (exact) mass is 331 g/mol. The van der Waals surface area contributed by atoms with E-state index >= 15 is 0 Å². The molecule has 100 valence electrons. The number of methoxy groups -OCH3 is 2. The van der Waals surface area contributed by atoms with Gasteiger partial charge in [-0.25, -0.2) is 0 Å². The van der Waals surface area contributed by atoms with Gasteiger partial charge in [-0.1, -0.05) is 15.9 Å². The van der Waals surface area contributed by atoms with Crippen LogP contribution in [0.25, 0.3) is 0 Å². The highest BCUT2D eigenvalue weighted by molar-refractivity contribution is 9.10. The highest BCUT2D eigenvalue weighted by Crippen LogP contribution is 2.54. The van der Waals surface area contributed by atoms with Crippen molar-refractivity contribution in [2.75, 3.05) is 20.8 Å². The quantitative estimate of drug-likeness (QED) is 0.842.